The van der Waals surface area contributed by atoms with E-state index in [1.165, 1.54) is 0 Å². The maximum absolute atomic E-state index is 8.67. The molecule has 1 atom stereocenters. The number of aliphatic hydroxyl groups excluding tert-OH is 1. The van der Waals surface area contributed by atoms with E-state index in [1.807, 2.05) is 12.1 Å². The highest BCUT2D eigenvalue weighted by molar-refractivity contribution is 5.31. The van der Waals surface area contributed by atoms with E-state index in [2.05, 4.69) is 6.07 Å². The first-order valence-electron chi connectivity index (χ1n) is 4.61. The van der Waals surface area contributed by atoms with Crippen LogP contribution in [0.3, 0.4) is 0 Å². The second-order valence-corrected chi connectivity index (χ2v) is 3.29. The van der Waals surface area contributed by atoms with Crippen molar-refractivity contribution in [3.63, 3.8) is 0 Å². The number of nitrogens with zero attached hydrogens (tertiary/aromatic N) is 1. The van der Waals surface area contributed by atoms with Gasteiger partial charge in [-0.25, -0.2) is 0 Å². The number of nitrogens with two attached hydrogens (primary N) is 1. The molecule has 3 N–H and O–H groups in total. The maximum Gasteiger partial charge on any atom is 0.0991 e. The van der Waals surface area contributed by atoms with Gasteiger partial charge in [-0.3, -0.25) is 0 Å². The average Bonchev–Trinajstić information content (AvgIpc) is 2.19. The lowest BCUT2D eigenvalue weighted by molar-refractivity contribution is 0.275. The van der Waals surface area contributed by atoms with Crippen LogP contribution >= 0.6 is 0 Å². The Hall–Kier alpha value is -1.37. The highest BCUT2D eigenvalue weighted by Crippen LogP contribution is 2.06. The summed E-state index contributed by atoms with van der Waals surface area (Å²) in [6.07, 6.45) is 1.35. The van der Waals surface area contributed by atoms with Crippen LogP contribution in [0, 0.1) is 11.3 Å². The zero-order valence-corrected chi connectivity index (χ0v) is 7.98. The van der Waals surface area contributed by atoms with Gasteiger partial charge in [-0.1, -0.05) is 12.1 Å². The summed E-state index contributed by atoms with van der Waals surface area (Å²) in [5.74, 6) is 0. The van der Waals surface area contributed by atoms with Gasteiger partial charge in [-0.2, -0.15) is 5.26 Å². The Bertz CT molecular complexity index is 313. The molecule has 3 heteroatoms. The van der Waals surface area contributed by atoms with Crippen molar-refractivity contribution >= 4 is 0 Å². The summed E-state index contributed by atoms with van der Waals surface area (Å²) in [6.45, 7) is 0.122. The Morgan fingerprint density at radius 2 is 2.00 bits per heavy atom. The van der Waals surface area contributed by atoms with Crippen molar-refractivity contribution in [3.05, 3.63) is 35.4 Å². The first-order chi connectivity index (χ1) is 6.76. The minimum Gasteiger partial charge on any atom is -0.396 e. The lowest BCUT2D eigenvalue weighted by Gasteiger charge is -2.09. The number of rotatable bonds is 4. The third-order valence-electron chi connectivity index (χ3n) is 2.08. The summed E-state index contributed by atoms with van der Waals surface area (Å²) in [5, 5.41) is 17.3. The molecule has 0 aliphatic heterocycles. The van der Waals surface area contributed by atoms with Crippen LogP contribution in [-0.2, 0) is 6.42 Å². The van der Waals surface area contributed by atoms with Gasteiger partial charge < -0.3 is 10.8 Å². The van der Waals surface area contributed by atoms with Crippen molar-refractivity contribution in [3.8, 4) is 6.07 Å². The average molecular weight is 190 g/mol. The van der Waals surface area contributed by atoms with Crippen LogP contribution in [0.5, 0.6) is 0 Å². The van der Waals surface area contributed by atoms with Crippen LogP contribution in [-0.4, -0.2) is 17.8 Å². The van der Waals surface area contributed by atoms with Gasteiger partial charge in [-0.05, 0) is 30.5 Å². The number of nitriles is 1. The Kier molecular flexibility index (Phi) is 4.11. The molecule has 0 aromatic heterocycles. The minimum absolute atomic E-state index is 0.00654. The van der Waals surface area contributed by atoms with Crippen LogP contribution in [0.4, 0.5) is 0 Å². The van der Waals surface area contributed by atoms with E-state index < -0.39 is 0 Å². The van der Waals surface area contributed by atoms with E-state index in [1.54, 1.807) is 12.1 Å². The third kappa shape index (κ3) is 3.17. The van der Waals surface area contributed by atoms with E-state index in [0.717, 1.165) is 12.0 Å². The predicted octanol–water partition coefficient (Wildman–Crippen LogP) is 0.810. The summed E-state index contributed by atoms with van der Waals surface area (Å²) in [4.78, 5) is 0. The second kappa shape index (κ2) is 5.38. The molecule has 0 aliphatic carbocycles. The first kappa shape index (κ1) is 10.7. The lowest BCUT2D eigenvalue weighted by Crippen LogP contribution is -2.23. The smallest absolute Gasteiger partial charge is 0.0991 e. The van der Waals surface area contributed by atoms with Crippen molar-refractivity contribution in [1.29, 1.82) is 5.26 Å². The van der Waals surface area contributed by atoms with E-state index in [-0.39, 0.29) is 12.6 Å². The molecule has 3 nitrogen and oxygen atoms in total. The van der Waals surface area contributed by atoms with E-state index in [4.69, 9.17) is 16.1 Å². The zero-order chi connectivity index (χ0) is 10.4. The minimum atomic E-state index is -0.00654. The Labute approximate surface area is 83.8 Å². The van der Waals surface area contributed by atoms with Gasteiger partial charge in [0.15, 0.2) is 0 Å². The molecule has 0 unspecified atom stereocenters. The molecular weight excluding hydrogens is 176 g/mol. The number of benzene rings is 1. The molecule has 0 radical (unpaired) electrons. The van der Waals surface area contributed by atoms with Crippen molar-refractivity contribution in [2.24, 2.45) is 5.73 Å². The molecule has 0 amide bonds. The SMILES string of the molecule is N#Cc1ccc(C[C@@H](N)CCO)cc1. The van der Waals surface area contributed by atoms with Crippen molar-refractivity contribution in [2.45, 2.75) is 18.9 Å². The normalized spacial score (nSPS) is 12.1. The zero-order valence-electron chi connectivity index (χ0n) is 7.98. The van der Waals surface area contributed by atoms with E-state index in [0.29, 0.717) is 12.0 Å². The monoisotopic (exact) mass is 190 g/mol. The molecule has 1 rings (SSSR count). The standard InChI is InChI=1S/C11H14N2O/c12-8-10-3-1-9(2-4-10)7-11(13)5-6-14/h1-4,11,14H,5-7,13H2/t11-/m0/s1. The van der Waals surface area contributed by atoms with Gasteiger partial charge in [0, 0.05) is 12.6 Å². The van der Waals surface area contributed by atoms with Crippen LogP contribution in [0.25, 0.3) is 0 Å². The van der Waals surface area contributed by atoms with Crippen LogP contribution < -0.4 is 5.73 Å². The molecule has 0 bridgehead atoms. The molecule has 0 saturated heterocycles. The molecule has 1 aromatic rings. The van der Waals surface area contributed by atoms with Crippen LogP contribution in [0.1, 0.15) is 17.5 Å². The van der Waals surface area contributed by atoms with Crippen molar-refractivity contribution in [2.75, 3.05) is 6.61 Å². The molecule has 0 fully saturated rings. The molecule has 0 aliphatic rings. The van der Waals surface area contributed by atoms with Crippen molar-refractivity contribution in [1.82, 2.24) is 0 Å². The molecule has 0 spiro atoms. The quantitative estimate of drug-likeness (QED) is 0.738. The fourth-order valence-electron chi connectivity index (χ4n) is 1.29. The topological polar surface area (TPSA) is 70.0 Å². The Balaban J connectivity index is 2.56. The number of hydrogen-bond acceptors (Lipinski definition) is 3. The molecule has 1 aromatic carbocycles. The summed E-state index contributed by atoms with van der Waals surface area (Å²) in [6, 6.07) is 9.41. The van der Waals surface area contributed by atoms with E-state index in [9.17, 15) is 0 Å². The lowest BCUT2D eigenvalue weighted by atomic mass is 10.0. The van der Waals surface area contributed by atoms with E-state index >= 15 is 0 Å². The Morgan fingerprint density at radius 1 is 1.36 bits per heavy atom. The fraction of sp³-hybridized carbons (Fsp3) is 0.364. The Morgan fingerprint density at radius 3 is 2.50 bits per heavy atom. The highest BCUT2D eigenvalue weighted by Gasteiger charge is 2.02. The summed E-state index contributed by atoms with van der Waals surface area (Å²) in [7, 11) is 0. The van der Waals surface area contributed by atoms with Gasteiger partial charge in [0.05, 0.1) is 11.6 Å². The van der Waals surface area contributed by atoms with Gasteiger partial charge in [0.1, 0.15) is 0 Å². The number of aliphatic hydroxyl groups is 1. The third-order valence-corrected chi connectivity index (χ3v) is 2.08. The van der Waals surface area contributed by atoms with Crippen molar-refractivity contribution < 1.29 is 5.11 Å². The van der Waals surface area contributed by atoms with Gasteiger partial charge in [0.25, 0.3) is 0 Å². The fourth-order valence-corrected chi connectivity index (χ4v) is 1.29. The van der Waals surface area contributed by atoms with Gasteiger partial charge in [0.2, 0.25) is 0 Å². The highest BCUT2D eigenvalue weighted by atomic mass is 16.3. The van der Waals surface area contributed by atoms with Crippen LogP contribution in [0.15, 0.2) is 24.3 Å². The number of hydrogen-bond donors (Lipinski definition) is 2. The molecule has 74 valence electrons. The molecule has 14 heavy (non-hydrogen) atoms. The predicted molar refractivity (Wildman–Crippen MR) is 54.5 cm³/mol. The van der Waals surface area contributed by atoms with Gasteiger partial charge >= 0.3 is 0 Å². The molecule has 0 saturated carbocycles. The molecule has 0 heterocycles. The first-order valence-corrected chi connectivity index (χ1v) is 4.61. The summed E-state index contributed by atoms with van der Waals surface area (Å²) < 4.78 is 0. The largest absolute Gasteiger partial charge is 0.396 e. The summed E-state index contributed by atoms with van der Waals surface area (Å²) >= 11 is 0. The molecular formula is C11H14N2O. The maximum atomic E-state index is 8.67. The van der Waals surface area contributed by atoms with Gasteiger partial charge in [-0.15, -0.1) is 0 Å². The van der Waals surface area contributed by atoms with Crippen LogP contribution in [0.2, 0.25) is 0 Å². The second-order valence-electron chi connectivity index (χ2n) is 3.29. The summed E-state index contributed by atoms with van der Waals surface area (Å²) in [5.41, 5.74) is 7.52.